The zero-order valence-electron chi connectivity index (χ0n) is 22.2. The van der Waals surface area contributed by atoms with Gasteiger partial charge in [-0.25, -0.2) is 4.39 Å². The number of piperidine rings is 1. The zero-order valence-corrected chi connectivity index (χ0v) is 22.2. The second kappa shape index (κ2) is 13.7. The highest BCUT2D eigenvalue weighted by Gasteiger charge is 2.28. The summed E-state index contributed by atoms with van der Waals surface area (Å²) in [6.07, 6.45) is 8.43. The Morgan fingerprint density at radius 1 is 1.00 bits per heavy atom. The molecule has 1 aliphatic carbocycles. The van der Waals surface area contributed by atoms with Crippen molar-refractivity contribution in [1.82, 2.24) is 15.1 Å². The molecule has 1 aliphatic heterocycles. The average Bonchev–Trinajstić information content (AvgIpc) is 2.93. The maximum atomic E-state index is 14.0. The van der Waals surface area contributed by atoms with E-state index in [9.17, 15) is 14.0 Å². The maximum absolute atomic E-state index is 14.0. The largest absolute Gasteiger partial charge is 0.349 e. The number of nitrogens with zero attached hydrogens (tertiary/aromatic N) is 2. The lowest BCUT2D eigenvalue weighted by Gasteiger charge is -2.38. The van der Waals surface area contributed by atoms with Gasteiger partial charge in [0, 0.05) is 38.1 Å². The van der Waals surface area contributed by atoms with Gasteiger partial charge in [0.15, 0.2) is 0 Å². The van der Waals surface area contributed by atoms with Crippen molar-refractivity contribution in [2.45, 2.75) is 76.8 Å². The van der Waals surface area contributed by atoms with Gasteiger partial charge in [-0.2, -0.15) is 0 Å². The summed E-state index contributed by atoms with van der Waals surface area (Å²) >= 11 is 0. The van der Waals surface area contributed by atoms with Gasteiger partial charge in [0.1, 0.15) is 5.82 Å². The van der Waals surface area contributed by atoms with Gasteiger partial charge in [-0.05, 0) is 62.3 Å². The van der Waals surface area contributed by atoms with E-state index in [-0.39, 0.29) is 35.6 Å². The van der Waals surface area contributed by atoms with Crippen LogP contribution >= 0.6 is 0 Å². The van der Waals surface area contributed by atoms with Gasteiger partial charge in [-0.15, -0.1) is 0 Å². The van der Waals surface area contributed by atoms with Crippen molar-refractivity contribution in [2.24, 2.45) is 5.92 Å². The molecule has 0 spiro atoms. The number of nitrogens with one attached hydrogen (secondary N) is 1. The minimum absolute atomic E-state index is 0.0778. The predicted molar refractivity (Wildman–Crippen MR) is 145 cm³/mol. The minimum Gasteiger partial charge on any atom is -0.349 e. The number of halogens is 1. The van der Waals surface area contributed by atoms with Crippen LogP contribution in [0.1, 0.15) is 75.5 Å². The second-order valence-electron chi connectivity index (χ2n) is 10.7. The van der Waals surface area contributed by atoms with Crippen LogP contribution in [-0.4, -0.2) is 53.8 Å². The maximum Gasteiger partial charge on any atom is 0.227 e. The molecule has 200 valence electrons. The van der Waals surface area contributed by atoms with Crippen LogP contribution in [0, 0.1) is 11.7 Å². The lowest BCUT2D eigenvalue weighted by atomic mass is 9.88. The van der Waals surface area contributed by atoms with Crippen molar-refractivity contribution in [3.63, 3.8) is 0 Å². The quantitative estimate of drug-likeness (QED) is 0.461. The fraction of sp³-hybridized carbons (Fsp3) is 0.548. The number of likely N-dealkylation sites (tertiary alicyclic amines) is 1. The number of benzene rings is 2. The smallest absolute Gasteiger partial charge is 0.227 e. The molecule has 2 aliphatic rings. The molecule has 2 amide bonds. The van der Waals surface area contributed by atoms with E-state index in [1.807, 2.05) is 41.3 Å². The van der Waals surface area contributed by atoms with E-state index in [2.05, 4.69) is 17.1 Å². The van der Waals surface area contributed by atoms with Crippen LogP contribution in [0.15, 0.2) is 54.6 Å². The van der Waals surface area contributed by atoms with E-state index in [4.69, 9.17) is 0 Å². The lowest BCUT2D eigenvalue weighted by Crippen LogP contribution is -2.48. The molecule has 4 rings (SSSR count). The second-order valence-corrected chi connectivity index (χ2v) is 10.7. The number of likely N-dealkylation sites (N-methyl/N-ethyl adjacent to an activating group) is 1. The molecule has 1 heterocycles. The van der Waals surface area contributed by atoms with Crippen molar-refractivity contribution in [1.29, 1.82) is 0 Å². The van der Waals surface area contributed by atoms with Gasteiger partial charge >= 0.3 is 0 Å². The number of carbonyl (C=O) groups excluding carboxylic acids is 2. The van der Waals surface area contributed by atoms with Gasteiger partial charge in [-0.3, -0.25) is 9.59 Å². The Morgan fingerprint density at radius 3 is 2.41 bits per heavy atom. The molecule has 37 heavy (non-hydrogen) atoms. The Bertz CT molecular complexity index is 1000. The lowest BCUT2D eigenvalue weighted by molar-refractivity contribution is -0.133. The molecule has 0 bridgehead atoms. The molecular weight excluding hydrogens is 465 g/mol. The average molecular weight is 508 g/mol. The topological polar surface area (TPSA) is 52.7 Å². The van der Waals surface area contributed by atoms with Crippen molar-refractivity contribution in [3.05, 3.63) is 71.5 Å². The van der Waals surface area contributed by atoms with Crippen LogP contribution < -0.4 is 5.32 Å². The molecule has 0 aromatic heterocycles. The van der Waals surface area contributed by atoms with Crippen LogP contribution in [-0.2, 0) is 16.0 Å². The molecular formula is C31H42FN3O2. The fourth-order valence-electron chi connectivity index (χ4n) is 5.98. The molecule has 0 unspecified atom stereocenters. The monoisotopic (exact) mass is 507 g/mol. The van der Waals surface area contributed by atoms with Crippen LogP contribution in [0.5, 0.6) is 0 Å². The molecule has 2 aromatic rings. The fourth-order valence-corrected chi connectivity index (χ4v) is 5.98. The molecule has 2 fully saturated rings. The number of amides is 2. The molecule has 1 N–H and O–H groups in total. The van der Waals surface area contributed by atoms with E-state index in [1.54, 1.807) is 12.1 Å². The highest BCUT2D eigenvalue weighted by Crippen LogP contribution is 2.27. The van der Waals surface area contributed by atoms with Gasteiger partial charge in [0.2, 0.25) is 11.8 Å². The van der Waals surface area contributed by atoms with E-state index >= 15 is 0 Å². The summed E-state index contributed by atoms with van der Waals surface area (Å²) in [4.78, 5) is 30.5. The molecule has 2 aromatic carbocycles. The van der Waals surface area contributed by atoms with Crippen molar-refractivity contribution < 1.29 is 14.0 Å². The summed E-state index contributed by atoms with van der Waals surface area (Å²) in [5, 5.41) is 3.26. The summed E-state index contributed by atoms with van der Waals surface area (Å²) in [5.41, 5.74) is 1.89. The first-order valence-electron chi connectivity index (χ1n) is 14.1. The van der Waals surface area contributed by atoms with Crippen LogP contribution in [0.25, 0.3) is 0 Å². The van der Waals surface area contributed by atoms with E-state index in [0.29, 0.717) is 6.42 Å². The van der Waals surface area contributed by atoms with E-state index < -0.39 is 0 Å². The minimum atomic E-state index is -0.268. The van der Waals surface area contributed by atoms with Crippen LogP contribution in [0.4, 0.5) is 4.39 Å². The highest BCUT2D eigenvalue weighted by atomic mass is 19.1. The van der Waals surface area contributed by atoms with Crippen molar-refractivity contribution in [3.8, 4) is 0 Å². The molecule has 0 radical (unpaired) electrons. The third kappa shape index (κ3) is 7.88. The van der Waals surface area contributed by atoms with Crippen LogP contribution in [0.2, 0.25) is 0 Å². The number of hydrogen-bond acceptors (Lipinski definition) is 3. The summed E-state index contributed by atoms with van der Waals surface area (Å²) in [6, 6.07) is 16.7. The summed E-state index contributed by atoms with van der Waals surface area (Å²) in [5.74, 6) is 0.121. The molecule has 5 nitrogen and oxygen atoms in total. The molecule has 1 atom stereocenters. The molecule has 6 heteroatoms. The van der Waals surface area contributed by atoms with E-state index in [0.717, 1.165) is 82.3 Å². The van der Waals surface area contributed by atoms with Gasteiger partial charge in [-0.1, -0.05) is 61.7 Å². The first-order valence-corrected chi connectivity index (χ1v) is 14.1. The predicted octanol–water partition coefficient (Wildman–Crippen LogP) is 5.51. The van der Waals surface area contributed by atoms with Gasteiger partial charge in [0.25, 0.3) is 0 Å². The third-order valence-corrected chi connectivity index (χ3v) is 8.13. The summed E-state index contributed by atoms with van der Waals surface area (Å²) in [7, 11) is 0. The summed E-state index contributed by atoms with van der Waals surface area (Å²) < 4.78 is 14.0. The Balaban J connectivity index is 1.30. The van der Waals surface area contributed by atoms with Gasteiger partial charge in [0.05, 0.1) is 12.5 Å². The Labute approximate surface area is 221 Å². The number of hydrogen-bond donors (Lipinski definition) is 1. The highest BCUT2D eigenvalue weighted by molar-refractivity contribution is 5.79. The van der Waals surface area contributed by atoms with Gasteiger partial charge < -0.3 is 15.1 Å². The van der Waals surface area contributed by atoms with Crippen molar-refractivity contribution >= 4 is 11.8 Å². The normalized spacial score (nSPS) is 18.3. The van der Waals surface area contributed by atoms with Crippen LogP contribution in [0.3, 0.4) is 0 Å². The Morgan fingerprint density at radius 2 is 1.73 bits per heavy atom. The zero-order chi connectivity index (χ0) is 26.0. The summed E-state index contributed by atoms with van der Waals surface area (Å²) in [6.45, 7) is 5.47. The SMILES string of the molecule is CCN(C(=O)Cc1ccccc1)C1CCN(CC[C@H](NC(=O)C2CCCCC2)c2cccc(F)c2)CC1. The number of carbonyl (C=O) groups is 2. The number of rotatable bonds is 10. The standard InChI is InChI=1S/C31H42FN3O2/c1-2-35(30(36)22-24-10-5-3-6-11-24)28-16-19-34(20-17-28)21-18-29(26-14-9-15-27(32)23-26)33-31(37)25-12-7-4-8-13-25/h3,5-6,9-11,14-15,23,25,28-29H,2,4,7-8,12-13,16-22H2,1H3,(H,33,37)/t29-/m0/s1. The Kier molecular flexibility index (Phi) is 10.1. The molecule has 1 saturated heterocycles. The van der Waals surface area contributed by atoms with E-state index in [1.165, 1.54) is 12.5 Å². The first-order chi connectivity index (χ1) is 18.0. The first kappa shape index (κ1) is 27.3. The third-order valence-electron chi connectivity index (χ3n) is 8.13. The molecule has 1 saturated carbocycles. The Hall–Kier alpha value is -2.73. The van der Waals surface area contributed by atoms with Crippen molar-refractivity contribution in [2.75, 3.05) is 26.2 Å².